The molecule has 0 bridgehead atoms. The maximum atomic E-state index is 13.1. The predicted octanol–water partition coefficient (Wildman–Crippen LogP) is 3.30. The number of pyridine rings is 1. The fraction of sp³-hybridized carbons (Fsp3) is 0.312. The van der Waals surface area contributed by atoms with Gasteiger partial charge >= 0.3 is 0 Å². The van der Waals surface area contributed by atoms with E-state index >= 15 is 0 Å². The van der Waals surface area contributed by atoms with Crippen molar-refractivity contribution in [2.75, 3.05) is 0 Å². The summed E-state index contributed by atoms with van der Waals surface area (Å²) in [7, 11) is -3.63. The van der Waals surface area contributed by atoms with Crippen LogP contribution in [0.4, 0.5) is 0 Å². The highest BCUT2D eigenvalue weighted by Gasteiger charge is 2.30. The number of aromatic nitrogens is 2. The van der Waals surface area contributed by atoms with Crippen molar-refractivity contribution in [1.29, 1.82) is 0 Å². The molecule has 3 heterocycles. The Morgan fingerprint density at radius 3 is 2.70 bits per heavy atom. The average Bonchev–Trinajstić information content (AvgIpc) is 3.10. The lowest BCUT2D eigenvalue weighted by atomic mass is 10.3. The van der Waals surface area contributed by atoms with Gasteiger partial charge in [-0.1, -0.05) is 6.07 Å². The van der Waals surface area contributed by atoms with Gasteiger partial charge in [0.15, 0.2) is 5.03 Å². The molecule has 0 aromatic carbocycles. The lowest BCUT2D eigenvalue weighted by molar-refractivity contribution is 0.349. The van der Waals surface area contributed by atoms with Gasteiger partial charge in [0, 0.05) is 28.5 Å². The Labute approximate surface area is 140 Å². The topological polar surface area (TPSA) is 54.7 Å². The standard InChI is InChI=1S/C16H19N3O2S2/c1-12(2)19(11-14-8-7-13(3)22-14)23(20,21)16-10-17-15-6-4-5-9-18(15)16/h4-10,12H,11H2,1-3H3. The Hall–Kier alpha value is -1.70. The smallest absolute Gasteiger partial charge is 0.261 e. The summed E-state index contributed by atoms with van der Waals surface area (Å²) in [6, 6.07) is 9.29. The van der Waals surface area contributed by atoms with Gasteiger partial charge in [-0.05, 0) is 45.0 Å². The molecule has 7 heteroatoms. The number of aryl methyl sites for hydroxylation is 1. The average molecular weight is 349 g/mol. The molecule has 0 saturated carbocycles. The van der Waals surface area contributed by atoms with Crippen LogP contribution in [0, 0.1) is 6.92 Å². The third-order valence-electron chi connectivity index (χ3n) is 3.64. The van der Waals surface area contributed by atoms with Crippen LogP contribution in [-0.2, 0) is 16.6 Å². The summed E-state index contributed by atoms with van der Waals surface area (Å²) in [5, 5.41) is 0.204. The maximum Gasteiger partial charge on any atom is 0.261 e. The van der Waals surface area contributed by atoms with Crippen molar-refractivity contribution in [3.63, 3.8) is 0 Å². The van der Waals surface area contributed by atoms with Gasteiger partial charge in [0.25, 0.3) is 10.0 Å². The lowest BCUT2D eigenvalue weighted by Crippen LogP contribution is -2.36. The van der Waals surface area contributed by atoms with E-state index < -0.39 is 10.0 Å². The van der Waals surface area contributed by atoms with Gasteiger partial charge in [-0.15, -0.1) is 11.3 Å². The maximum absolute atomic E-state index is 13.1. The van der Waals surface area contributed by atoms with E-state index in [0.717, 1.165) is 4.88 Å². The second-order valence-corrected chi connectivity index (χ2v) is 8.89. The van der Waals surface area contributed by atoms with Crippen molar-refractivity contribution >= 4 is 27.0 Å². The van der Waals surface area contributed by atoms with E-state index in [0.29, 0.717) is 12.2 Å². The van der Waals surface area contributed by atoms with E-state index in [1.165, 1.54) is 15.4 Å². The molecule has 23 heavy (non-hydrogen) atoms. The Bertz CT molecular complexity index is 926. The highest BCUT2D eigenvalue weighted by molar-refractivity contribution is 7.89. The molecule has 0 fully saturated rings. The Morgan fingerprint density at radius 1 is 1.26 bits per heavy atom. The van der Waals surface area contributed by atoms with E-state index in [1.807, 2.05) is 39.0 Å². The number of fused-ring (bicyclic) bond motifs is 1. The summed E-state index contributed by atoms with van der Waals surface area (Å²) >= 11 is 1.62. The van der Waals surface area contributed by atoms with Gasteiger partial charge in [0.2, 0.25) is 0 Å². The summed E-state index contributed by atoms with van der Waals surface area (Å²) in [6.45, 7) is 6.17. The minimum atomic E-state index is -3.63. The molecular formula is C16H19N3O2S2. The van der Waals surface area contributed by atoms with Crippen molar-refractivity contribution in [3.05, 3.63) is 52.5 Å². The quantitative estimate of drug-likeness (QED) is 0.710. The second-order valence-electron chi connectivity index (χ2n) is 5.68. The fourth-order valence-electron chi connectivity index (χ4n) is 2.49. The highest BCUT2D eigenvalue weighted by atomic mass is 32.2. The molecule has 0 radical (unpaired) electrons. The van der Waals surface area contributed by atoms with E-state index in [9.17, 15) is 8.42 Å². The van der Waals surface area contributed by atoms with Crippen LogP contribution in [0.15, 0.2) is 47.8 Å². The number of rotatable bonds is 5. The second kappa shape index (κ2) is 6.07. The normalized spacial score (nSPS) is 12.6. The zero-order chi connectivity index (χ0) is 16.6. The van der Waals surface area contributed by atoms with Crippen LogP contribution < -0.4 is 0 Å². The van der Waals surface area contributed by atoms with Gasteiger partial charge in [-0.2, -0.15) is 4.31 Å². The first-order valence-corrected chi connectivity index (χ1v) is 9.64. The summed E-state index contributed by atoms with van der Waals surface area (Å²) < 4.78 is 29.4. The summed E-state index contributed by atoms with van der Waals surface area (Å²) in [5.41, 5.74) is 0.627. The summed E-state index contributed by atoms with van der Waals surface area (Å²) in [6.07, 6.45) is 3.16. The third-order valence-corrected chi connectivity index (χ3v) is 6.62. The molecule has 3 rings (SSSR count). The minimum absolute atomic E-state index is 0.142. The first kappa shape index (κ1) is 16.2. The molecular weight excluding hydrogens is 330 g/mol. The molecule has 0 aliphatic carbocycles. The van der Waals surface area contributed by atoms with Crippen LogP contribution in [0.25, 0.3) is 5.65 Å². The number of imidazole rings is 1. The van der Waals surface area contributed by atoms with Crippen molar-refractivity contribution < 1.29 is 8.42 Å². The van der Waals surface area contributed by atoms with Crippen molar-refractivity contribution in [1.82, 2.24) is 13.7 Å². The van der Waals surface area contributed by atoms with Gasteiger partial charge in [0.1, 0.15) is 5.65 Å². The monoisotopic (exact) mass is 349 g/mol. The molecule has 5 nitrogen and oxygen atoms in total. The van der Waals surface area contributed by atoms with Crippen molar-refractivity contribution in [2.45, 2.75) is 38.4 Å². The number of hydrogen-bond donors (Lipinski definition) is 0. The number of thiophene rings is 1. The predicted molar refractivity (Wildman–Crippen MR) is 92.1 cm³/mol. The molecule has 3 aromatic heterocycles. The Morgan fingerprint density at radius 2 is 2.04 bits per heavy atom. The first-order chi connectivity index (χ1) is 10.9. The van der Waals surface area contributed by atoms with Crippen LogP contribution in [0.1, 0.15) is 23.6 Å². The minimum Gasteiger partial charge on any atom is -0.289 e. The zero-order valence-electron chi connectivity index (χ0n) is 13.3. The lowest BCUT2D eigenvalue weighted by Gasteiger charge is -2.25. The van der Waals surface area contributed by atoms with Crippen molar-refractivity contribution in [2.24, 2.45) is 0 Å². The van der Waals surface area contributed by atoms with Crippen LogP contribution in [0.2, 0.25) is 0 Å². The summed E-state index contributed by atoms with van der Waals surface area (Å²) in [5.74, 6) is 0. The van der Waals surface area contributed by atoms with Crippen LogP contribution >= 0.6 is 11.3 Å². The Kier molecular flexibility index (Phi) is 4.27. The highest BCUT2D eigenvalue weighted by Crippen LogP contribution is 2.24. The van der Waals surface area contributed by atoms with Crippen LogP contribution in [-0.4, -0.2) is 28.1 Å². The van der Waals surface area contributed by atoms with Crippen LogP contribution in [0.3, 0.4) is 0 Å². The van der Waals surface area contributed by atoms with Gasteiger partial charge in [-0.25, -0.2) is 13.4 Å². The van der Waals surface area contributed by atoms with Gasteiger partial charge in [0.05, 0.1) is 6.20 Å². The molecule has 122 valence electrons. The number of hydrogen-bond acceptors (Lipinski definition) is 4. The van der Waals surface area contributed by atoms with Gasteiger partial charge < -0.3 is 0 Å². The molecule has 0 amide bonds. The van der Waals surface area contributed by atoms with E-state index in [4.69, 9.17) is 0 Å². The molecule has 0 atom stereocenters. The number of sulfonamides is 1. The van der Waals surface area contributed by atoms with Gasteiger partial charge in [-0.3, -0.25) is 4.40 Å². The molecule has 0 N–H and O–H groups in total. The van der Waals surface area contributed by atoms with Crippen molar-refractivity contribution in [3.8, 4) is 0 Å². The molecule has 3 aromatic rings. The summed E-state index contributed by atoms with van der Waals surface area (Å²) in [4.78, 5) is 6.41. The van der Waals surface area contributed by atoms with E-state index in [1.54, 1.807) is 34.1 Å². The largest absolute Gasteiger partial charge is 0.289 e. The van der Waals surface area contributed by atoms with E-state index in [2.05, 4.69) is 4.98 Å². The third kappa shape index (κ3) is 3.04. The van der Waals surface area contributed by atoms with Crippen LogP contribution in [0.5, 0.6) is 0 Å². The zero-order valence-corrected chi connectivity index (χ0v) is 14.9. The molecule has 0 aliphatic heterocycles. The molecule has 0 unspecified atom stereocenters. The van der Waals surface area contributed by atoms with E-state index in [-0.39, 0.29) is 11.1 Å². The molecule has 0 aliphatic rings. The molecule has 0 saturated heterocycles. The Balaban J connectivity index is 2.04. The SMILES string of the molecule is Cc1ccc(CN(C(C)C)S(=O)(=O)c2cnc3ccccn23)s1. The number of nitrogens with zero attached hydrogens (tertiary/aromatic N) is 3. The molecule has 0 spiro atoms. The fourth-order valence-corrected chi connectivity index (χ4v) is 5.15. The first-order valence-electron chi connectivity index (χ1n) is 7.39.